The van der Waals surface area contributed by atoms with E-state index in [9.17, 15) is 10.2 Å². The van der Waals surface area contributed by atoms with Gasteiger partial charge in [-0.1, -0.05) is 19.1 Å². The number of ether oxygens (including phenoxy) is 1. The lowest BCUT2D eigenvalue weighted by molar-refractivity contribution is 0.448. The van der Waals surface area contributed by atoms with E-state index >= 15 is 0 Å². The summed E-state index contributed by atoms with van der Waals surface area (Å²) in [5.74, 6) is 1.06. The molecule has 3 N–H and O–H groups in total. The second-order valence-corrected chi connectivity index (χ2v) is 5.88. The SMILES string of the molecule is CCc1ccc(Oc2cn[nH]c2-c2cc(Br)c(O)cc2O)cc1. The first-order valence-electron chi connectivity index (χ1n) is 7.10. The molecule has 3 rings (SSSR count). The fourth-order valence-electron chi connectivity index (χ4n) is 2.22. The number of aromatic nitrogens is 2. The van der Waals surface area contributed by atoms with Gasteiger partial charge in [-0.15, -0.1) is 0 Å². The van der Waals surface area contributed by atoms with Gasteiger partial charge in [0.2, 0.25) is 0 Å². The number of aromatic hydroxyl groups is 2. The molecular weight excluding hydrogens is 360 g/mol. The summed E-state index contributed by atoms with van der Waals surface area (Å²) >= 11 is 3.24. The number of benzene rings is 2. The number of aryl methyl sites for hydroxylation is 1. The summed E-state index contributed by atoms with van der Waals surface area (Å²) in [6.07, 6.45) is 2.51. The van der Waals surface area contributed by atoms with Crippen molar-refractivity contribution in [2.24, 2.45) is 0 Å². The van der Waals surface area contributed by atoms with Crippen molar-refractivity contribution in [1.82, 2.24) is 10.2 Å². The lowest BCUT2D eigenvalue weighted by atomic mass is 10.1. The van der Waals surface area contributed by atoms with Gasteiger partial charge in [0.25, 0.3) is 0 Å². The highest BCUT2D eigenvalue weighted by Gasteiger charge is 2.16. The highest BCUT2D eigenvalue weighted by atomic mass is 79.9. The van der Waals surface area contributed by atoms with E-state index in [1.807, 2.05) is 24.3 Å². The van der Waals surface area contributed by atoms with Crippen LogP contribution in [0.4, 0.5) is 0 Å². The van der Waals surface area contributed by atoms with Crippen LogP contribution in [0, 0.1) is 0 Å². The topological polar surface area (TPSA) is 78.4 Å². The number of halogens is 1. The zero-order valence-electron chi connectivity index (χ0n) is 12.4. The minimum Gasteiger partial charge on any atom is -0.507 e. The van der Waals surface area contributed by atoms with Gasteiger partial charge in [-0.2, -0.15) is 5.10 Å². The Morgan fingerprint density at radius 2 is 1.87 bits per heavy atom. The minimum atomic E-state index is -0.0684. The molecule has 0 radical (unpaired) electrons. The molecule has 0 fully saturated rings. The van der Waals surface area contributed by atoms with Crippen molar-refractivity contribution in [3.05, 3.63) is 52.6 Å². The van der Waals surface area contributed by atoms with Gasteiger partial charge in [-0.05, 0) is 46.1 Å². The molecule has 6 heteroatoms. The average molecular weight is 375 g/mol. The lowest BCUT2D eigenvalue weighted by Gasteiger charge is -2.09. The van der Waals surface area contributed by atoms with Crippen LogP contribution >= 0.6 is 15.9 Å². The molecule has 0 saturated carbocycles. The third kappa shape index (κ3) is 3.17. The summed E-state index contributed by atoms with van der Waals surface area (Å²) in [7, 11) is 0. The maximum absolute atomic E-state index is 10.1. The van der Waals surface area contributed by atoms with Crippen LogP contribution in [0.2, 0.25) is 0 Å². The number of aromatic amines is 1. The maximum Gasteiger partial charge on any atom is 0.173 e. The fourth-order valence-corrected chi connectivity index (χ4v) is 2.56. The third-order valence-corrected chi connectivity index (χ3v) is 4.13. The first-order valence-corrected chi connectivity index (χ1v) is 7.89. The van der Waals surface area contributed by atoms with Crippen LogP contribution in [-0.4, -0.2) is 20.4 Å². The van der Waals surface area contributed by atoms with Crippen LogP contribution in [-0.2, 0) is 6.42 Å². The summed E-state index contributed by atoms with van der Waals surface area (Å²) < 4.78 is 6.32. The Labute approximate surface area is 141 Å². The largest absolute Gasteiger partial charge is 0.507 e. The molecule has 1 aromatic heterocycles. The van der Waals surface area contributed by atoms with E-state index in [0.717, 1.165) is 6.42 Å². The smallest absolute Gasteiger partial charge is 0.173 e. The number of nitrogens with zero attached hydrogens (tertiary/aromatic N) is 1. The van der Waals surface area contributed by atoms with E-state index in [2.05, 4.69) is 33.1 Å². The normalized spacial score (nSPS) is 10.7. The number of phenolic OH excluding ortho intramolecular Hbond substituents is 2. The van der Waals surface area contributed by atoms with Crippen molar-refractivity contribution < 1.29 is 14.9 Å². The van der Waals surface area contributed by atoms with Crippen molar-refractivity contribution in [1.29, 1.82) is 0 Å². The number of phenols is 2. The van der Waals surface area contributed by atoms with Crippen molar-refractivity contribution in [2.75, 3.05) is 0 Å². The summed E-state index contributed by atoms with van der Waals surface area (Å²) in [4.78, 5) is 0. The van der Waals surface area contributed by atoms with Crippen LogP contribution in [0.25, 0.3) is 11.3 Å². The number of hydrogen-bond acceptors (Lipinski definition) is 4. The second kappa shape index (κ2) is 6.34. The predicted molar refractivity (Wildman–Crippen MR) is 90.9 cm³/mol. The van der Waals surface area contributed by atoms with E-state index in [1.165, 1.54) is 11.6 Å². The number of rotatable bonds is 4. The van der Waals surface area contributed by atoms with Crippen LogP contribution in [0.15, 0.2) is 47.1 Å². The van der Waals surface area contributed by atoms with Gasteiger partial charge in [-0.25, -0.2) is 0 Å². The Morgan fingerprint density at radius 3 is 2.57 bits per heavy atom. The summed E-state index contributed by atoms with van der Waals surface area (Å²) in [6, 6.07) is 10.7. The Hall–Kier alpha value is -2.47. The number of nitrogens with one attached hydrogen (secondary N) is 1. The zero-order valence-corrected chi connectivity index (χ0v) is 14.0. The Bertz CT molecular complexity index is 828. The second-order valence-electron chi connectivity index (χ2n) is 5.03. The molecule has 0 saturated heterocycles. The molecule has 3 aromatic rings. The molecule has 0 unspecified atom stereocenters. The van der Waals surface area contributed by atoms with Crippen molar-refractivity contribution in [2.45, 2.75) is 13.3 Å². The van der Waals surface area contributed by atoms with Gasteiger partial charge in [0.05, 0.1) is 10.7 Å². The molecule has 0 aliphatic heterocycles. The Morgan fingerprint density at radius 1 is 1.13 bits per heavy atom. The molecule has 0 bridgehead atoms. The van der Waals surface area contributed by atoms with E-state index in [-0.39, 0.29) is 11.5 Å². The molecule has 2 aromatic carbocycles. The van der Waals surface area contributed by atoms with Crippen LogP contribution in [0.1, 0.15) is 12.5 Å². The standard InChI is InChI=1S/C17H15BrN2O3/c1-2-10-3-5-11(6-4-10)23-16-9-19-20-17(16)12-7-13(18)15(22)8-14(12)21/h3-9,21-22H,2H2,1H3,(H,19,20). The molecule has 23 heavy (non-hydrogen) atoms. The van der Waals surface area contributed by atoms with Gasteiger partial charge in [0.15, 0.2) is 5.75 Å². The molecule has 0 aliphatic rings. The van der Waals surface area contributed by atoms with Gasteiger partial charge < -0.3 is 14.9 Å². The van der Waals surface area contributed by atoms with Gasteiger partial charge >= 0.3 is 0 Å². The van der Waals surface area contributed by atoms with Crippen molar-refractivity contribution in [3.8, 4) is 34.3 Å². The highest BCUT2D eigenvalue weighted by molar-refractivity contribution is 9.10. The lowest BCUT2D eigenvalue weighted by Crippen LogP contribution is -1.88. The van der Waals surface area contributed by atoms with Crippen LogP contribution in [0.5, 0.6) is 23.0 Å². The first-order chi connectivity index (χ1) is 11.1. The average Bonchev–Trinajstić information content (AvgIpc) is 2.99. The highest BCUT2D eigenvalue weighted by Crippen LogP contribution is 2.40. The molecule has 0 atom stereocenters. The monoisotopic (exact) mass is 374 g/mol. The van der Waals surface area contributed by atoms with E-state index in [0.29, 0.717) is 27.2 Å². The van der Waals surface area contributed by atoms with Crippen molar-refractivity contribution >= 4 is 15.9 Å². The van der Waals surface area contributed by atoms with Crippen molar-refractivity contribution in [3.63, 3.8) is 0 Å². The predicted octanol–water partition coefficient (Wildman–Crippen LogP) is 4.61. The molecule has 1 heterocycles. The molecular formula is C17H15BrN2O3. The quantitative estimate of drug-likeness (QED) is 0.623. The molecule has 118 valence electrons. The summed E-state index contributed by atoms with van der Waals surface area (Å²) in [5.41, 5.74) is 2.24. The molecule has 0 amide bonds. The van der Waals surface area contributed by atoms with Gasteiger partial charge in [-0.3, -0.25) is 5.10 Å². The third-order valence-electron chi connectivity index (χ3n) is 3.50. The Balaban J connectivity index is 1.94. The summed E-state index contributed by atoms with van der Waals surface area (Å²) in [6.45, 7) is 2.09. The Kier molecular flexibility index (Phi) is 4.25. The minimum absolute atomic E-state index is 0.0385. The maximum atomic E-state index is 10.1. The fraction of sp³-hybridized carbons (Fsp3) is 0.118. The molecule has 0 aliphatic carbocycles. The van der Waals surface area contributed by atoms with Crippen LogP contribution in [0.3, 0.4) is 0 Å². The van der Waals surface area contributed by atoms with E-state index < -0.39 is 0 Å². The van der Waals surface area contributed by atoms with E-state index in [1.54, 1.807) is 12.3 Å². The first kappa shape index (κ1) is 15.4. The molecule has 0 spiro atoms. The summed E-state index contributed by atoms with van der Waals surface area (Å²) in [5, 5.41) is 26.5. The van der Waals surface area contributed by atoms with Gasteiger partial charge in [0, 0.05) is 11.6 Å². The van der Waals surface area contributed by atoms with Crippen LogP contribution < -0.4 is 4.74 Å². The molecule has 5 nitrogen and oxygen atoms in total. The van der Waals surface area contributed by atoms with Gasteiger partial charge in [0.1, 0.15) is 22.9 Å². The number of hydrogen-bond donors (Lipinski definition) is 3. The number of H-pyrrole nitrogens is 1. The van der Waals surface area contributed by atoms with E-state index in [4.69, 9.17) is 4.74 Å². The zero-order chi connectivity index (χ0) is 16.4.